The van der Waals surface area contributed by atoms with Crippen molar-refractivity contribution in [3.05, 3.63) is 22.8 Å². The lowest BCUT2D eigenvalue weighted by Gasteiger charge is -2.08. The Hall–Kier alpha value is -1.10. The van der Waals surface area contributed by atoms with Gasteiger partial charge in [-0.2, -0.15) is 4.98 Å². The summed E-state index contributed by atoms with van der Waals surface area (Å²) in [4.78, 5) is 4.58. The molecule has 3 fully saturated rings. The zero-order valence-corrected chi connectivity index (χ0v) is 12.0. The van der Waals surface area contributed by atoms with E-state index in [1.807, 2.05) is 22.8 Å². The lowest BCUT2D eigenvalue weighted by molar-refractivity contribution is 0.456. The van der Waals surface area contributed by atoms with E-state index in [1.54, 1.807) is 0 Å². The Morgan fingerprint density at radius 3 is 2.79 bits per heavy atom. The van der Waals surface area contributed by atoms with E-state index >= 15 is 0 Å². The van der Waals surface area contributed by atoms with Crippen molar-refractivity contribution in [3.8, 4) is 0 Å². The van der Waals surface area contributed by atoms with Crippen molar-refractivity contribution >= 4 is 27.5 Å². The molecule has 4 nitrogen and oxygen atoms in total. The van der Waals surface area contributed by atoms with Crippen LogP contribution in [0.5, 0.6) is 0 Å². The second-order valence-corrected chi connectivity index (χ2v) is 7.07. The summed E-state index contributed by atoms with van der Waals surface area (Å²) in [5.41, 5.74) is 0.888. The molecule has 19 heavy (non-hydrogen) atoms. The predicted molar refractivity (Wildman–Crippen MR) is 75.9 cm³/mol. The first kappa shape index (κ1) is 10.7. The standard InChI is InChI=1S/C14H15BrN4/c15-9-2-1-5-19-13(9)17-14(18-19)16-12-10-7-3-4-8(6-7)11(10)12/h1-2,5,7-8,10-12H,3-4,6H2,(H,16,18). The van der Waals surface area contributed by atoms with E-state index in [1.165, 1.54) is 19.3 Å². The molecule has 0 saturated heterocycles. The molecule has 3 aliphatic rings. The number of fused-ring (bicyclic) bond motifs is 6. The number of nitrogens with zero attached hydrogens (tertiary/aromatic N) is 3. The van der Waals surface area contributed by atoms with E-state index < -0.39 is 0 Å². The first-order valence-electron chi connectivity index (χ1n) is 7.09. The van der Waals surface area contributed by atoms with Gasteiger partial charge in [-0.15, -0.1) is 5.10 Å². The summed E-state index contributed by atoms with van der Waals surface area (Å²) in [7, 11) is 0. The van der Waals surface area contributed by atoms with Crippen molar-refractivity contribution in [3.63, 3.8) is 0 Å². The predicted octanol–water partition coefficient (Wildman–Crippen LogP) is 2.95. The minimum Gasteiger partial charge on any atom is -0.350 e. The highest BCUT2D eigenvalue weighted by molar-refractivity contribution is 9.10. The van der Waals surface area contributed by atoms with Gasteiger partial charge in [-0.05, 0) is 71.0 Å². The Balaban J connectivity index is 1.43. The maximum Gasteiger partial charge on any atom is 0.243 e. The van der Waals surface area contributed by atoms with Gasteiger partial charge in [0.05, 0.1) is 4.47 Å². The van der Waals surface area contributed by atoms with Gasteiger partial charge in [-0.25, -0.2) is 4.52 Å². The fourth-order valence-electron chi connectivity index (χ4n) is 4.60. The van der Waals surface area contributed by atoms with Gasteiger partial charge in [-0.1, -0.05) is 0 Å². The van der Waals surface area contributed by atoms with Crippen LogP contribution in [0.2, 0.25) is 0 Å². The molecule has 0 aliphatic heterocycles. The van der Waals surface area contributed by atoms with Crippen molar-refractivity contribution in [2.24, 2.45) is 23.7 Å². The lowest BCUT2D eigenvalue weighted by Crippen LogP contribution is -2.13. The molecule has 98 valence electrons. The Morgan fingerprint density at radius 2 is 2.05 bits per heavy atom. The highest BCUT2D eigenvalue weighted by atomic mass is 79.9. The largest absolute Gasteiger partial charge is 0.350 e. The third kappa shape index (κ3) is 1.39. The monoisotopic (exact) mass is 318 g/mol. The van der Waals surface area contributed by atoms with Gasteiger partial charge in [0.25, 0.3) is 0 Å². The molecule has 0 radical (unpaired) electrons. The lowest BCUT2D eigenvalue weighted by atomic mass is 10.0. The minimum atomic E-state index is 0.641. The van der Waals surface area contributed by atoms with Crippen LogP contribution >= 0.6 is 15.9 Å². The summed E-state index contributed by atoms with van der Waals surface area (Å²) in [6.45, 7) is 0. The van der Waals surface area contributed by atoms with Crippen LogP contribution in [-0.2, 0) is 0 Å². The number of anilines is 1. The quantitative estimate of drug-likeness (QED) is 0.925. The number of aromatic nitrogens is 3. The molecule has 3 saturated carbocycles. The molecule has 0 aromatic carbocycles. The molecule has 3 aliphatic carbocycles. The summed E-state index contributed by atoms with van der Waals surface area (Å²) in [5, 5.41) is 8.09. The average Bonchev–Trinajstić information content (AvgIpc) is 2.81. The van der Waals surface area contributed by atoms with E-state index in [9.17, 15) is 0 Å². The molecule has 0 amide bonds. The Bertz CT molecular complexity index is 651. The molecule has 2 heterocycles. The van der Waals surface area contributed by atoms with Gasteiger partial charge < -0.3 is 5.32 Å². The molecule has 2 aromatic rings. The summed E-state index contributed by atoms with van der Waals surface area (Å²) < 4.78 is 2.82. The van der Waals surface area contributed by atoms with Crippen molar-refractivity contribution < 1.29 is 0 Å². The molecule has 2 aromatic heterocycles. The number of halogens is 1. The maximum absolute atomic E-state index is 4.58. The van der Waals surface area contributed by atoms with Gasteiger partial charge in [0, 0.05) is 12.2 Å². The first-order chi connectivity index (χ1) is 9.31. The first-order valence-corrected chi connectivity index (χ1v) is 7.88. The summed E-state index contributed by atoms with van der Waals surface area (Å²) in [5.74, 6) is 4.57. The number of hydrogen-bond donors (Lipinski definition) is 1. The van der Waals surface area contributed by atoms with Crippen LogP contribution < -0.4 is 5.32 Å². The second kappa shape index (κ2) is 3.51. The molecule has 4 atom stereocenters. The Labute approximate surface area is 119 Å². The van der Waals surface area contributed by atoms with Crippen LogP contribution in [-0.4, -0.2) is 20.6 Å². The maximum atomic E-state index is 4.58. The van der Waals surface area contributed by atoms with E-state index in [0.717, 1.165) is 39.7 Å². The zero-order valence-electron chi connectivity index (χ0n) is 10.5. The number of pyridine rings is 1. The number of nitrogens with one attached hydrogen (secondary N) is 1. The van der Waals surface area contributed by atoms with Crippen LogP contribution in [0.3, 0.4) is 0 Å². The number of rotatable bonds is 2. The fourth-order valence-corrected chi connectivity index (χ4v) is 5.03. The molecule has 2 bridgehead atoms. The van der Waals surface area contributed by atoms with Gasteiger partial charge in [0.2, 0.25) is 5.95 Å². The summed E-state index contributed by atoms with van der Waals surface area (Å²) >= 11 is 3.52. The summed E-state index contributed by atoms with van der Waals surface area (Å²) in [6, 6.07) is 4.61. The van der Waals surface area contributed by atoms with Gasteiger partial charge in [0.1, 0.15) is 0 Å². The zero-order chi connectivity index (χ0) is 12.6. The minimum absolute atomic E-state index is 0.641. The van der Waals surface area contributed by atoms with E-state index in [0.29, 0.717) is 6.04 Å². The molecule has 1 N–H and O–H groups in total. The highest BCUT2D eigenvalue weighted by Gasteiger charge is 2.65. The van der Waals surface area contributed by atoms with E-state index in [4.69, 9.17) is 0 Å². The van der Waals surface area contributed by atoms with Crippen LogP contribution in [0.15, 0.2) is 22.8 Å². The molecule has 5 rings (SSSR count). The fraction of sp³-hybridized carbons (Fsp3) is 0.571. The normalized spacial score (nSPS) is 38.7. The number of hydrogen-bond acceptors (Lipinski definition) is 3. The average molecular weight is 319 g/mol. The SMILES string of the molecule is Brc1cccn2nc(NC3C4C5CCC(C5)C34)nc12. The van der Waals surface area contributed by atoms with Gasteiger partial charge >= 0.3 is 0 Å². The molecule has 0 spiro atoms. The third-order valence-electron chi connectivity index (χ3n) is 5.35. The van der Waals surface area contributed by atoms with Crippen molar-refractivity contribution in [2.75, 3.05) is 5.32 Å². The van der Waals surface area contributed by atoms with Crippen LogP contribution in [0.25, 0.3) is 5.65 Å². The smallest absolute Gasteiger partial charge is 0.243 e. The molecule has 5 heteroatoms. The van der Waals surface area contributed by atoms with Crippen LogP contribution in [0, 0.1) is 23.7 Å². The summed E-state index contributed by atoms with van der Waals surface area (Å²) in [6.07, 6.45) is 6.33. The van der Waals surface area contributed by atoms with E-state index in [-0.39, 0.29) is 0 Å². The molecular formula is C14H15BrN4. The molecular weight excluding hydrogens is 304 g/mol. The van der Waals surface area contributed by atoms with Crippen LogP contribution in [0.1, 0.15) is 19.3 Å². The van der Waals surface area contributed by atoms with Crippen molar-refractivity contribution in [2.45, 2.75) is 25.3 Å². The van der Waals surface area contributed by atoms with Crippen molar-refractivity contribution in [1.29, 1.82) is 0 Å². The Morgan fingerprint density at radius 1 is 1.26 bits per heavy atom. The Kier molecular flexibility index (Phi) is 1.97. The third-order valence-corrected chi connectivity index (χ3v) is 5.96. The van der Waals surface area contributed by atoms with E-state index in [2.05, 4.69) is 31.3 Å². The van der Waals surface area contributed by atoms with Crippen LogP contribution in [0.4, 0.5) is 5.95 Å². The van der Waals surface area contributed by atoms with Gasteiger partial charge in [0.15, 0.2) is 5.65 Å². The molecule has 4 unspecified atom stereocenters. The highest BCUT2D eigenvalue weighted by Crippen LogP contribution is 2.66. The van der Waals surface area contributed by atoms with Gasteiger partial charge in [-0.3, -0.25) is 0 Å². The second-order valence-electron chi connectivity index (χ2n) is 6.22. The van der Waals surface area contributed by atoms with Crippen molar-refractivity contribution in [1.82, 2.24) is 14.6 Å². The topological polar surface area (TPSA) is 42.2 Å².